The summed E-state index contributed by atoms with van der Waals surface area (Å²) in [6, 6.07) is 7.31. The van der Waals surface area contributed by atoms with Crippen molar-refractivity contribution in [2.24, 2.45) is 0 Å². The van der Waals surface area contributed by atoms with Crippen molar-refractivity contribution < 1.29 is 14.3 Å². The van der Waals surface area contributed by atoms with E-state index in [1.807, 2.05) is 25.1 Å². The average molecular weight is 420 g/mol. The van der Waals surface area contributed by atoms with E-state index in [0.29, 0.717) is 16.6 Å². The highest BCUT2D eigenvalue weighted by Crippen LogP contribution is 2.34. The van der Waals surface area contributed by atoms with Gasteiger partial charge in [0, 0.05) is 13.2 Å². The zero-order chi connectivity index (χ0) is 19.5. The minimum atomic E-state index is -0.391. The van der Waals surface area contributed by atoms with Crippen molar-refractivity contribution in [3.8, 4) is 0 Å². The van der Waals surface area contributed by atoms with Crippen LogP contribution in [0.15, 0.2) is 28.6 Å². The number of rotatable bonds is 6. The number of anilines is 3. The molecule has 2 unspecified atom stereocenters. The maximum atomic E-state index is 13.0. The van der Waals surface area contributed by atoms with Gasteiger partial charge in [-0.25, -0.2) is 0 Å². The minimum absolute atomic E-state index is 0.0189. The summed E-state index contributed by atoms with van der Waals surface area (Å²) in [5.74, 6) is -0.322. The molecule has 1 aromatic carbocycles. The van der Waals surface area contributed by atoms with Gasteiger partial charge in [-0.2, -0.15) is 0 Å². The third kappa shape index (κ3) is 4.29. The lowest BCUT2D eigenvalue weighted by Gasteiger charge is -2.30. The SMILES string of the molecule is CC(Sc1nnc(NCC2CCCO2)s1)C(=O)N1CC(=O)Nc2ccccc21. The molecule has 1 saturated heterocycles. The summed E-state index contributed by atoms with van der Waals surface area (Å²) in [5.41, 5.74) is 1.37. The molecule has 0 bridgehead atoms. The van der Waals surface area contributed by atoms with E-state index in [9.17, 15) is 9.59 Å². The Bertz CT molecular complexity index is 868. The summed E-state index contributed by atoms with van der Waals surface area (Å²) in [7, 11) is 0. The number of fused-ring (bicyclic) bond motifs is 1. The Balaban J connectivity index is 1.38. The molecule has 2 amide bonds. The summed E-state index contributed by atoms with van der Waals surface area (Å²) in [6.07, 6.45) is 2.39. The molecule has 0 radical (unpaired) electrons. The molecular formula is C18H21N5O3S2. The lowest BCUT2D eigenvalue weighted by atomic mass is 10.2. The molecule has 1 fully saturated rings. The van der Waals surface area contributed by atoms with Gasteiger partial charge >= 0.3 is 0 Å². The molecule has 10 heteroatoms. The standard InChI is InChI=1S/C18H21N5O3S2/c1-11(16(25)23-10-15(24)20-13-6-2-3-7-14(13)23)27-18-22-21-17(28-18)19-9-12-5-4-8-26-12/h2-3,6-7,11-12H,4-5,8-10H2,1H3,(H,19,21)(H,20,24). The Morgan fingerprint density at radius 2 is 2.32 bits per heavy atom. The van der Waals surface area contributed by atoms with Crippen LogP contribution in [-0.2, 0) is 14.3 Å². The number of amides is 2. The molecule has 2 N–H and O–H groups in total. The summed E-state index contributed by atoms with van der Waals surface area (Å²) in [6.45, 7) is 3.38. The van der Waals surface area contributed by atoms with Crippen molar-refractivity contribution in [2.45, 2.75) is 35.5 Å². The number of nitrogens with zero attached hydrogens (tertiary/aromatic N) is 3. The number of ether oxygens (including phenoxy) is 1. The summed E-state index contributed by atoms with van der Waals surface area (Å²) in [5, 5.41) is 14.7. The minimum Gasteiger partial charge on any atom is -0.376 e. The molecular weight excluding hydrogens is 398 g/mol. The predicted octanol–water partition coefficient (Wildman–Crippen LogP) is 2.59. The smallest absolute Gasteiger partial charge is 0.244 e. The van der Waals surface area contributed by atoms with Crippen LogP contribution in [0.25, 0.3) is 0 Å². The van der Waals surface area contributed by atoms with E-state index in [1.165, 1.54) is 28.0 Å². The third-order valence-corrected chi connectivity index (χ3v) is 6.63. The molecule has 2 atom stereocenters. The van der Waals surface area contributed by atoms with Gasteiger partial charge in [0.05, 0.1) is 22.7 Å². The van der Waals surface area contributed by atoms with E-state index in [-0.39, 0.29) is 24.5 Å². The van der Waals surface area contributed by atoms with Gasteiger partial charge in [-0.1, -0.05) is 35.2 Å². The Hall–Kier alpha value is -2.17. The van der Waals surface area contributed by atoms with Gasteiger partial charge in [-0.15, -0.1) is 10.2 Å². The molecule has 28 heavy (non-hydrogen) atoms. The van der Waals surface area contributed by atoms with Gasteiger partial charge in [-0.3, -0.25) is 14.5 Å². The van der Waals surface area contributed by atoms with Crippen molar-refractivity contribution in [3.63, 3.8) is 0 Å². The molecule has 3 heterocycles. The van der Waals surface area contributed by atoms with Crippen LogP contribution in [0, 0.1) is 0 Å². The van der Waals surface area contributed by atoms with Crippen LogP contribution in [0.3, 0.4) is 0 Å². The first-order chi connectivity index (χ1) is 13.6. The molecule has 2 aliphatic heterocycles. The number of hydrogen-bond donors (Lipinski definition) is 2. The number of thioether (sulfide) groups is 1. The molecule has 0 aliphatic carbocycles. The fourth-order valence-corrected chi connectivity index (χ4v) is 5.15. The van der Waals surface area contributed by atoms with Crippen LogP contribution in [-0.4, -0.2) is 53.1 Å². The van der Waals surface area contributed by atoms with Crippen molar-refractivity contribution in [2.75, 3.05) is 35.2 Å². The number of hydrogen-bond acceptors (Lipinski definition) is 8. The highest BCUT2D eigenvalue weighted by atomic mass is 32.2. The van der Waals surface area contributed by atoms with Crippen LogP contribution in [0.1, 0.15) is 19.8 Å². The van der Waals surface area contributed by atoms with Crippen molar-refractivity contribution in [3.05, 3.63) is 24.3 Å². The Labute approximate surface area is 171 Å². The lowest BCUT2D eigenvalue weighted by Crippen LogP contribution is -2.45. The maximum Gasteiger partial charge on any atom is 0.244 e. The second-order valence-electron chi connectivity index (χ2n) is 6.64. The zero-order valence-electron chi connectivity index (χ0n) is 15.4. The molecule has 148 valence electrons. The predicted molar refractivity (Wildman–Crippen MR) is 110 cm³/mol. The molecule has 2 aliphatic rings. The number of nitrogens with one attached hydrogen (secondary N) is 2. The normalized spacial score (nSPS) is 19.8. The van der Waals surface area contributed by atoms with E-state index < -0.39 is 5.25 Å². The third-order valence-electron chi connectivity index (χ3n) is 4.57. The van der Waals surface area contributed by atoms with E-state index >= 15 is 0 Å². The molecule has 0 saturated carbocycles. The topological polar surface area (TPSA) is 96.5 Å². The van der Waals surface area contributed by atoms with Gasteiger partial charge in [0.2, 0.25) is 16.9 Å². The fourth-order valence-electron chi connectivity index (χ4n) is 3.19. The maximum absolute atomic E-state index is 13.0. The van der Waals surface area contributed by atoms with Crippen molar-refractivity contribution in [1.29, 1.82) is 0 Å². The molecule has 1 aromatic heterocycles. The van der Waals surface area contributed by atoms with Crippen LogP contribution in [0.5, 0.6) is 0 Å². The molecule has 2 aromatic rings. The zero-order valence-corrected chi connectivity index (χ0v) is 17.0. The molecule has 0 spiro atoms. The highest BCUT2D eigenvalue weighted by Gasteiger charge is 2.30. The number of carbonyl (C=O) groups excluding carboxylic acids is 2. The Morgan fingerprint density at radius 3 is 3.14 bits per heavy atom. The second kappa shape index (κ2) is 8.46. The van der Waals surface area contributed by atoms with E-state index in [0.717, 1.165) is 30.3 Å². The van der Waals surface area contributed by atoms with Gasteiger partial charge in [0.15, 0.2) is 4.34 Å². The lowest BCUT2D eigenvalue weighted by molar-refractivity contribution is -0.121. The Kier molecular flexibility index (Phi) is 5.79. The van der Waals surface area contributed by atoms with Crippen LogP contribution < -0.4 is 15.5 Å². The number of carbonyl (C=O) groups is 2. The first-order valence-corrected chi connectivity index (χ1v) is 10.9. The van der Waals surface area contributed by atoms with E-state index in [4.69, 9.17) is 4.74 Å². The van der Waals surface area contributed by atoms with Crippen LogP contribution >= 0.6 is 23.1 Å². The van der Waals surface area contributed by atoms with E-state index in [1.54, 1.807) is 6.07 Å². The first-order valence-electron chi connectivity index (χ1n) is 9.16. The summed E-state index contributed by atoms with van der Waals surface area (Å²) in [4.78, 5) is 26.5. The van der Waals surface area contributed by atoms with E-state index in [2.05, 4.69) is 20.8 Å². The average Bonchev–Trinajstić information content (AvgIpc) is 3.37. The van der Waals surface area contributed by atoms with Gasteiger partial charge in [0.1, 0.15) is 6.54 Å². The van der Waals surface area contributed by atoms with Gasteiger partial charge in [-0.05, 0) is 31.9 Å². The largest absolute Gasteiger partial charge is 0.376 e. The van der Waals surface area contributed by atoms with Crippen molar-refractivity contribution >= 4 is 51.4 Å². The monoisotopic (exact) mass is 419 g/mol. The van der Waals surface area contributed by atoms with Crippen LogP contribution in [0.4, 0.5) is 16.5 Å². The Morgan fingerprint density at radius 1 is 1.46 bits per heavy atom. The molecule has 4 rings (SSSR count). The summed E-state index contributed by atoms with van der Waals surface area (Å²) >= 11 is 2.77. The second-order valence-corrected chi connectivity index (χ2v) is 9.20. The van der Waals surface area contributed by atoms with Crippen molar-refractivity contribution in [1.82, 2.24) is 10.2 Å². The number of para-hydroxylation sites is 2. The first kappa shape index (κ1) is 19.2. The summed E-state index contributed by atoms with van der Waals surface area (Å²) < 4.78 is 6.30. The van der Waals surface area contributed by atoms with Gasteiger partial charge < -0.3 is 15.4 Å². The number of aromatic nitrogens is 2. The van der Waals surface area contributed by atoms with Crippen LogP contribution in [0.2, 0.25) is 0 Å². The number of benzene rings is 1. The van der Waals surface area contributed by atoms with Gasteiger partial charge in [0.25, 0.3) is 0 Å². The quantitative estimate of drug-likeness (QED) is 0.695. The highest BCUT2D eigenvalue weighted by molar-refractivity contribution is 8.02. The fraction of sp³-hybridized carbons (Fsp3) is 0.444. The molecule has 8 nitrogen and oxygen atoms in total.